The van der Waals surface area contributed by atoms with E-state index in [2.05, 4.69) is 9.72 Å². The second-order valence-electron chi connectivity index (χ2n) is 7.23. The van der Waals surface area contributed by atoms with E-state index >= 15 is 0 Å². The van der Waals surface area contributed by atoms with Crippen LogP contribution >= 0.6 is 0 Å². The molecule has 3 N–H and O–H groups in total. The Morgan fingerprint density at radius 1 is 1.20 bits per heavy atom. The molecule has 30 heavy (non-hydrogen) atoms. The lowest BCUT2D eigenvalue weighted by molar-refractivity contribution is -0.274. The summed E-state index contributed by atoms with van der Waals surface area (Å²) in [5.41, 5.74) is 5.72. The zero-order chi connectivity index (χ0) is 21.7. The van der Waals surface area contributed by atoms with Crippen molar-refractivity contribution in [3.8, 4) is 11.6 Å². The maximum absolute atomic E-state index is 12.6. The number of nitrogens with two attached hydrogens (primary N) is 1. The van der Waals surface area contributed by atoms with Gasteiger partial charge in [0.1, 0.15) is 17.3 Å². The van der Waals surface area contributed by atoms with Crippen molar-refractivity contribution in [2.75, 3.05) is 0 Å². The molecule has 3 aromatic rings. The van der Waals surface area contributed by atoms with Crippen LogP contribution in [-0.2, 0) is 10.2 Å². The van der Waals surface area contributed by atoms with Gasteiger partial charge in [0, 0.05) is 22.6 Å². The van der Waals surface area contributed by atoms with Gasteiger partial charge >= 0.3 is 12.3 Å². The number of primary amides is 1. The highest BCUT2D eigenvalue weighted by atomic mass is 19.4. The first kappa shape index (κ1) is 19.7. The fraction of sp³-hybridized carbons (Fsp3) is 0.250. The van der Waals surface area contributed by atoms with Gasteiger partial charge in [0.2, 0.25) is 0 Å². The number of halogens is 3. The van der Waals surface area contributed by atoms with Crippen LogP contribution < -0.4 is 10.5 Å². The average Bonchev–Trinajstić information content (AvgIpc) is 3.31. The first-order valence-electron chi connectivity index (χ1n) is 8.99. The van der Waals surface area contributed by atoms with Crippen molar-refractivity contribution in [1.29, 1.82) is 0 Å². The van der Waals surface area contributed by atoms with Crippen LogP contribution in [0.4, 0.5) is 13.2 Å². The highest BCUT2D eigenvalue weighted by Gasteiger charge is 2.47. The second kappa shape index (κ2) is 6.75. The number of hydrogen-bond donors (Lipinski definition) is 2. The number of carbonyl (C=O) groups excluding carboxylic acids is 1. The van der Waals surface area contributed by atoms with Crippen molar-refractivity contribution in [3.63, 3.8) is 0 Å². The summed E-state index contributed by atoms with van der Waals surface area (Å²) in [5, 5.41) is 9.66. The summed E-state index contributed by atoms with van der Waals surface area (Å²) in [4.78, 5) is 27.7. The lowest BCUT2D eigenvalue weighted by Crippen LogP contribution is -2.19. The van der Waals surface area contributed by atoms with Gasteiger partial charge in [-0.05, 0) is 43.2 Å². The number of amides is 1. The highest BCUT2D eigenvalue weighted by Crippen LogP contribution is 2.50. The van der Waals surface area contributed by atoms with Crippen LogP contribution in [-0.4, -0.2) is 32.9 Å². The number of fused-ring (bicyclic) bond motifs is 1. The zero-order valence-electron chi connectivity index (χ0n) is 15.4. The molecular weight excluding hydrogens is 403 g/mol. The molecule has 0 unspecified atom stereocenters. The van der Waals surface area contributed by atoms with Crippen molar-refractivity contribution in [1.82, 2.24) is 9.55 Å². The van der Waals surface area contributed by atoms with Crippen LogP contribution in [0.2, 0.25) is 0 Å². The van der Waals surface area contributed by atoms with Gasteiger partial charge < -0.3 is 15.6 Å². The molecule has 2 heterocycles. The summed E-state index contributed by atoms with van der Waals surface area (Å²) >= 11 is 0. The van der Waals surface area contributed by atoms with Crippen LogP contribution in [0.1, 0.15) is 35.4 Å². The number of rotatable bonds is 6. The Morgan fingerprint density at radius 2 is 1.93 bits per heavy atom. The predicted octanol–water partition coefficient (Wildman–Crippen LogP) is 3.53. The molecule has 0 aliphatic heterocycles. The second-order valence-corrected chi connectivity index (χ2v) is 7.23. The van der Waals surface area contributed by atoms with Gasteiger partial charge in [-0.25, -0.2) is 4.98 Å². The molecule has 0 atom stereocenters. The summed E-state index contributed by atoms with van der Waals surface area (Å²) in [6.45, 7) is 0. The van der Waals surface area contributed by atoms with E-state index < -0.39 is 29.4 Å². The number of alkyl halides is 3. The normalized spacial score (nSPS) is 15.2. The molecule has 1 aliphatic rings. The summed E-state index contributed by atoms with van der Waals surface area (Å²) in [5.74, 6) is -1.94. The van der Waals surface area contributed by atoms with Crippen LogP contribution in [0.3, 0.4) is 0 Å². The van der Waals surface area contributed by atoms with Gasteiger partial charge in [-0.2, -0.15) is 0 Å². The molecule has 7 nitrogen and oxygen atoms in total. The summed E-state index contributed by atoms with van der Waals surface area (Å²) in [6.07, 6.45) is -3.63. The molecule has 2 aromatic heterocycles. The molecule has 1 aromatic carbocycles. The maximum atomic E-state index is 12.6. The van der Waals surface area contributed by atoms with Gasteiger partial charge in [0.15, 0.2) is 0 Å². The van der Waals surface area contributed by atoms with E-state index in [-0.39, 0.29) is 23.4 Å². The largest absolute Gasteiger partial charge is 0.573 e. The Kier molecular flexibility index (Phi) is 4.44. The van der Waals surface area contributed by atoms with E-state index in [0.29, 0.717) is 23.9 Å². The topological polar surface area (TPSA) is 107 Å². The smallest absolute Gasteiger partial charge is 0.481 e. The molecule has 0 bridgehead atoms. The molecule has 1 aliphatic carbocycles. The number of nitrogens with zero attached hydrogens (tertiary/aromatic N) is 2. The Balaban J connectivity index is 1.86. The number of carbonyl (C=O) groups is 2. The third-order valence-corrected chi connectivity index (χ3v) is 5.11. The summed E-state index contributed by atoms with van der Waals surface area (Å²) in [6, 6.07) is 10.1. The van der Waals surface area contributed by atoms with Gasteiger partial charge in [-0.3, -0.25) is 14.2 Å². The molecule has 156 valence electrons. The number of aliphatic carboxylic acids is 1. The lowest BCUT2D eigenvalue weighted by atomic mass is 9.97. The molecule has 1 saturated carbocycles. The SMILES string of the molecule is NC(=O)c1cc2ccc(OC(F)(F)F)cc2n1-c1cccc(C2(CC(=O)O)CC2)n1. The number of aromatic nitrogens is 2. The Hall–Kier alpha value is -3.56. The number of pyridine rings is 1. The molecule has 0 radical (unpaired) electrons. The molecule has 1 amide bonds. The van der Waals surface area contributed by atoms with E-state index in [1.165, 1.54) is 16.7 Å². The molecule has 4 rings (SSSR count). The molecule has 0 saturated heterocycles. The third kappa shape index (κ3) is 3.68. The van der Waals surface area contributed by atoms with Crippen LogP contribution in [0.15, 0.2) is 42.5 Å². The van der Waals surface area contributed by atoms with Crippen molar-refractivity contribution >= 4 is 22.8 Å². The minimum absolute atomic E-state index is 0.0295. The van der Waals surface area contributed by atoms with Crippen molar-refractivity contribution in [2.45, 2.75) is 31.0 Å². The molecular formula is C20H16F3N3O4. The van der Waals surface area contributed by atoms with E-state index in [1.54, 1.807) is 18.2 Å². The van der Waals surface area contributed by atoms with E-state index in [9.17, 15) is 27.9 Å². The third-order valence-electron chi connectivity index (χ3n) is 5.11. The van der Waals surface area contributed by atoms with E-state index in [1.807, 2.05) is 0 Å². The number of benzene rings is 1. The van der Waals surface area contributed by atoms with Crippen LogP contribution in [0.25, 0.3) is 16.7 Å². The minimum Gasteiger partial charge on any atom is -0.481 e. The number of carboxylic acids is 1. The standard InChI is InChI=1S/C20H16F3N3O4/c21-20(22,23)30-12-5-4-11-8-14(18(24)29)26(13(11)9-12)16-3-1-2-15(25-16)19(6-7-19)10-17(27)28/h1-5,8-9H,6-7,10H2,(H2,24,29)(H,27,28). The zero-order valence-corrected chi connectivity index (χ0v) is 15.4. The van der Waals surface area contributed by atoms with Gasteiger partial charge in [-0.15, -0.1) is 13.2 Å². The number of hydrogen-bond acceptors (Lipinski definition) is 4. The van der Waals surface area contributed by atoms with Crippen LogP contribution in [0, 0.1) is 0 Å². The monoisotopic (exact) mass is 419 g/mol. The van der Waals surface area contributed by atoms with E-state index in [4.69, 9.17) is 5.73 Å². The molecule has 1 fully saturated rings. The Labute approximate surface area is 167 Å². The summed E-state index contributed by atoms with van der Waals surface area (Å²) in [7, 11) is 0. The van der Waals surface area contributed by atoms with Gasteiger partial charge in [-0.1, -0.05) is 6.07 Å². The average molecular weight is 419 g/mol. The fourth-order valence-corrected chi connectivity index (χ4v) is 3.61. The minimum atomic E-state index is -4.87. The van der Waals surface area contributed by atoms with Crippen molar-refractivity contribution < 1.29 is 32.6 Å². The first-order chi connectivity index (χ1) is 14.1. The fourth-order valence-electron chi connectivity index (χ4n) is 3.61. The molecule has 0 spiro atoms. The van der Waals surface area contributed by atoms with E-state index in [0.717, 1.165) is 12.1 Å². The quantitative estimate of drug-likeness (QED) is 0.636. The predicted molar refractivity (Wildman–Crippen MR) is 99.4 cm³/mol. The maximum Gasteiger partial charge on any atom is 0.573 e. The highest BCUT2D eigenvalue weighted by molar-refractivity contribution is 5.99. The number of ether oxygens (including phenoxy) is 1. The van der Waals surface area contributed by atoms with Gasteiger partial charge in [0.05, 0.1) is 11.9 Å². The Morgan fingerprint density at radius 3 is 2.53 bits per heavy atom. The molecule has 10 heteroatoms. The van der Waals surface area contributed by atoms with Crippen molar-refractivity contribution in [2.24, 2.45) is 5.73 Å². The summed E-state index contributed by atoms with van der Waals surface area (Å²) < 4.78 is 43.2. The number of carboxylic acid groups (broad SMARTS) is 1. The lowest BCUT2D eigenvalue weighted by Gasteiger charge is -2.15. The first-order valence-corrected chi connectivity index (χ1v) is 8.99. The van der Waals surface area contributed by atoms with Crippen LogP contribution in [0.5, 0.6) is 5.75 Å². The van der Waals surface area contributed by atoms with Gasteiger partial charge in [0.25, 0.3) is 5.91 Å². The van der Waals surface area contributed by atoms with Crippen molar-refractivity contribution in [3.05, 3.63) is 53.9 Å². The Bertz CT molecular complexity index is 1170.